The maximum absolute atomic E-state index is 11.5. The van der Waals surface area contributed by atoms with Crippen molar-refractivity contribution in [3.05, 3.63) is 127 Å². The molecule has 0 fully saturated rings. The van der Waals surface area contributed by atoms with Crippen LogP contribution in [-0.4, -0.2) is 20.7 Å². The number of para-hydroxylation sites is 2. The van der Waals surface area contributed by atoms with Gasteiger partial charge in [0.05, 0.1) is 22.9 Å². The van der Waals surface area contributed by atoms with Crippen LogP contribution in [0.5, 0.6) is 0 Å². The first kappa shape index (κ1) is 23.6. The van der Waals surface area contributed by atoms with E-state index < -0.39 is 15.7 Å². The van der Waals surface area contributed by atoms with E-state index in [1.54, 1.807) is 18.2 Å². The highest BCUT2D eigenvalue weighted by Crippen LogP contribution is 2.28. The average Bonchev–Trinajstić information content (AvgIpc) is 3.56. The minimum atomic E-state index is -0.635. The van der Waals surface area contributed by atoms with Gasteiger partial charge in [-0.1, -0.05) is 66.7 Å². The normalized spacial score (nSPS) is 11.7. The summed E-state index contributed by atoms with van der Waals surface area (Å²) in [7, 11) is 0. The minimum absolute atomic E-state index is 0.137. The Morgan fingerprint density at radius 3 is 2.16 bits per heavy atom. The molecule has 0 N–H and O–H groups in total. The largest absolute Gasteiger partial charge is 0.433 e. The number of thiazole rings is 1. The van der Waals surface area contributed by atoms with Crippen LogP contribution in [0.1, 0.15) is 5.76 Å². The highest BCUT2D eigenvalue weighted by atomic mass is 32.1. The molecule has 37 heavy (non-hydrogen) atoms. The quantitative estimate of drug-likeness (QED) is 0.142. The van der Waals surface area contributed by atoms with Crippen molar-refractivity contribution in [3.63, 3.8) is 0 Å². The van der Waals surface area contributed by atoms with Gasteiger partial charge in [0.25, 0.3) is 5.69 Å². The number of benzene rings is 3. The van der Waals surface area contributed by atoms with Gasteiger partial charge in [-0.2, -0.15) is 5.10 Å². The zero-order chi connectivity index (χ0) is 25.8. The number of nitrogens with zero attached hydrogens (tertiary/aromatic N) is 5. The molecular weight excluding hydrogens is 494 g/mol. The Morgan fingerprint density at radius 2 is 1.46 bits per heavy atom. The molecule has 10 nitrogen and oxygen atoms in total. The number of hydrogen-bond donors (Lipinski definition) is 0. The second-order valence-corrected chi connectivity index (χ2v) is 8.53. The lowest BCUT2D eigenvalue weighted by Gasteiger charge is -2.06. The lowest BCUT2D eigenvalue weighted by atomic mass is 10.0. The van der Waals surface area contributed by atoms with Crippen LogP contribution in [0.15, 0.2) is 111 Å². The smallest absolute Gasteiger partial charge is 0.400 e. The Kier molecular flexibility index (Phi) is 6.51. The molecule has 2 heterocycles. The summed E-state index contributed by atoms with van der Waals surface area (Å²) in [6.07, 6.45) is 1.33. The molecule has 0 atom stereocenters. The van der Waals surface area contributed by atoms with E-state index in [9.17, 15) is 20.2 Å². The Hall–Kier alpha value is -5.16. The van der Waals surface area contributed by atoms with Crippen LogP contribution in [0.4, 0.5) is 17.3 Å². The second-order valence-electron chi connectivity index (χ2n) is 7.69. The van der Waals surface area contributed by atoms with Gasteiger partial charge in [-0.05, 0) is 23.3 Å². The predicted molar refractivity (Wildman–Crippen MR) is 140 cm³/mol. The monoisotopic (exact) mass is 511 g/mol. The first-order valence-electron chi connectivity index (χ1n) is 10.9. The summed E-state index contributed by atoms with van der Waals surface area (Å²) in [5.41, 5.74) is 3.68. The Morgan fingerprint density at radius 1 is 0.784 bits per heavy atom. The van der Waals surface area contributed by atoms with Crippen LogP contribution < -0.4 is 4.80 Å². The maximum atomic E-state index is 11.5. The summed E-state index contributed by atoms with van der Waals surface area (Å²) in [6.45, 7) is 0. The molecule has 0 spiro atoms. The van der Waals surface area contributed by atoms with Crippen LogP contribution in [0.2, 0.25) is 0 Å². The van der Waals surface area contributed by atoms with Crippen LogP contribution in [-0.2, 0) is 0 Å². The highest BCUT2D eigenvalue weighted by molar-refractivity contribution is 7.07. The van der Waals surface area contributed by atoms with Gasteiger partial charge < -0.3 is 4.42 Å². The molecule has 5 rings (SSSR count). The Balaban J connectivity index is 1.60. The highest BCUT2D eigenvalue weighted by Gasteiger charge is 2.15. The number of furan rings is 1. The molecule has 0 saturated carbocycles. The van der Waals surface area contributed by atoms with Crippen molar-refractivity contribution in [2.24, 2.45) is 10.1 Å². The van der Waals surface area contributed by atoms with E-state index in [-0.39, 0.29) is 17.1 Å². The molecule has 2 aromatic heterocycles. The van der Waals surface area contributed by atoms with Gasteiger partial charge in [-0.25, -0.2) is 9.67 Å². The van der Waals surface area contributed by atoms with Crippen molar-refractivity contribution in [2.75, 3.05) is 0 Å². The number of hydrogen-bond acceptors (Lipinski definition) is 8. The van der Waals surface area contributed by atoms with Gasteiger partial charge in [0.2, 0.25) is 4.80 Å². The van der Waals surface area contributed by atoms with Gasteiger partial charge in [0.1, 0.15) is 10.6 Å². The van der Waals surface area contributed by atoms with Gasteiger partial charge in [-0.15, -0.1) is 11.3 Å². The lowest BCUT2D eigenvalue weighted by Crippen LogP contribution is -2.11. The molecule has 182 valence electrons. The van der Waals surface area contributed by atoms with Crippen molar-refractivity contribution >= 4 is 34.8 Å². The molecule has 0 aliphatic heterocycles. The van der Waals surface area contributed by atoms with Crippen molar-refractivity contribution in [1.29, 1.82) is 0 Å². The fraction of sp³-hybridized carbons (Fsp3) is 0. The van der Waals surface area contributed by atoms with Gasteiger partial charge in [0, 0.05) is 17.0 Å². The fourth-order valence-corrected chi connectivity index (χ4v) is 4.44. The van der Waals surface area contributed by atoms with Crippen molar-refractivity contribution in [1.82, 2.24) is 4.68 Å². The summed E-state index contributed by atoms with van der Waals surface area (Å²) in [4.78, 5) is 26.2. The SMILES string of the molecule is O=[N+]([O-])c1ccc(C=Nn2c(-c3ccc(-c4ccccc4)cc3)csc2=Nc2ccccc2[N+](=O)[O-])o1. The molecule has 0 aliphatic carbocycles. The zero-order valence-electron chi connectivity index (χ0n) is 19.0. The summed E-state index contributed by atoms with van der Waals surface area (Å²) in [5.74, 6) is -0.231. The van der Waals surface area contributed by atoms with E-state index in [2.05, 4.69) is 10.1 Å². The fourth-order valence-electron chi connectivity index (χ4n) is 3.59. The molecule has 3 aromatic carbocycles. The van der Waals surface area contributed by atoms with Crippen molar-refractivity contribution < 1.29 is 14.3 Å². The average molecular weight is 512 g/mol. The lowest BCUT2D eigenvalue weighted by molar-refractivity contribution is -0.402. The number of aromatic nitrogens is 1. The van der Waals surface area contributed by atoms with E-state index in [0.717, 1.165) is 16.7 Å². The number of rotatable bonds is 7. The number of nitro benzene ring substituents is 1. The molecular formula is C26H17N5O5S. The molecule has 0 amide bonds. The molecule has 0 radical (unpaired) electrons. The molecule has 0 aliphatic rings. The molecule has 0 bridgehead atoms. The van der Waals surface area contributed by atoms with E-state index in [1.165, 1.54) is 40.4 Å². The van der Waals surface area contributed by atoms with E-state index in [1.807, 2.05) is 60.0 Å². The summed E-state index contributed by atoms with van der Waals surface area (Å²) < 4.78 is 6.71. The maximum Gasteiger partial charge on any atom is 0.433 e. The first-order chi connectivity index (χ1) is 18.0. The summed E-state index contributed by atoms with van der Waals surface area (Å²) >= 11 is 1.25. The van der Waals surface area contributed by atoms with Crippen LogP contribution in [0.25, 0.3) is 22.4 Å². The van der Waals surface area contributed by atoms with Crippen molar-refractivity contribution in [2.45, 2.75) is 0 Å². The topological polar surface area (TPSA) is 129 Å². The zero-order valence-corrected chi connectivity index (χ0v) is 19.8. The van der Waals surface area contributed by atoms with Gasteiger partial charge in [0.15, 0.2) is 5.76 Å². The third-order valence-electron chi connectivity index (χ3n) is 5.36. The van der Waals surface area contributed by atoms with Crippen LogP contribution >= 0.6 is 11.3 Å². The van der Waals surface area contributed by atoms with E-state index in [0.29, 0.717) is 10.5 Å². The summed E-state index contributed by atoms with van der Waals surface area (Å²) in [6, 6.07) is 26.7. The minimum Gasteiger partial charge on any atom is -0.400 e. The number of nitro groups is 2. The molecule has 0 unspecified atom stereocenters. The molecule has 11 heteroatoms. The van der Waals surface area contributed by atoms with E-state index >= 15 is 0 Å². The summed E-state index contributed by atoms with van der Waals surface area (Å²) in [5, 5.41) is 28.7. The standard InChI is InChI=1S/C26H17N5O5S/c32-30(33)23-9-5-4-8-22(23)28-26-29(27-16-21-14-15-25(36-21)31(34)35)24(17-37-26)20-12-10-19(11-13-20)18-6-2-1-3-7-18/h1-17H. The van der Waals surface area contributed by atoms with Gasteiger partial charge in [-0.3, -0.25) is 20.2 Å². The first-order valence-corrected chi connectivity index (χ1v) is 11.8. The molecule has 5 aromatic rings. The van der Waals surface area contributed by atoms with Gasteiger partial charge >= 0.3 is 5.88 Å². The van der Waals surface area contributed by atoms with Crippen LogP contribution in [0.3, 0.4) is 0 Å². The van der Waals surface area contributed by atoms with Crippen molar-refractivity contribution in [3.8, 4) is 22.4 Å². The van der Waals surface area contributed by atoms with E-state index in [4.69, 9.17) is 4.42 Å². The Labute approximate surface area is 213 Å². The third-order valence-corrected chi connectivity index (χ3v) is 6.18. The predicted octanol–water partition coefficient (Wildman–Crippen LogP) is 6.41. The second kappa shape index (κ2) is 10.2. The van der Waals surface area contributed by atoms with Crippen LogP contribution in [0, 0.1) is 20.2 Å². The third kappa shape index (κ3) is 5.11. The molecule has 0 saturated heterocycles. The Bertz CT molecular complexity index is 1680.